The van der Waals surface area contributed by atoms with Gasteiger partial charge >= 0.3 is 6.09 Å². The number of Topliss-reactive ketones (excluding diaryl/α,β-unsaturated/α-hetero) is 2. The van der Waals surface area contributed by atoms with Crippen molar-refractivity contribution in [3.63, 3.8) is 0 Å². The van der Waals surface area contributed by atoms with Crippen LogP contribution < -0.4 is 14.2 Å². The highest BCUT2D eigenvalue weighted by Gasteiger charge is 2.41. The Morgan fingerprint density at radius 3 is 1.43 bits per heavy atom. The molecule has 15 heteroatoms. The average molecular weight is 1100 g/mol. The molecule has 0 aromatic heterocycles. The third-order valence-electron chi connectivity index (χ3n) is 15.7. The predicted molar refractivity (Wildman–Crippen MR) is 300 cm³/mol. The van der Waals surface area contributed by atoms with E-state index < -0.39 is 16.6 Å². The highest BCUT2D eigenvalue weighted by Crippen LogP contribution is 2.42. The lowest BCUT2D eigenvalue weighted by Gasteiger charge is -2.36. The number of rotatable bonds is 11. The number of ether oxygens (including phenoxy) is 1. The molecule has 0 saturated carbocycles. The first-order chi connectivity index (χ1) is 33.7. The number of carbonyl (C=O) groups excluding carboxylic acids is 3. The van der Waals surface area contributed by atoms with Gasteiger partial charge in [-0.15, -0.1) is 0 Å². The van der Waals surface area contributed by atoms with Crippen LogP contribution in [0.2, 0.25) is 56.4 Å². The number of aliphatic hydroxyl groups is 1. The van der Waals surface area contributed by atoms with Gasteiger partial charge in [0.25, 0.3) is 0 Å². The Balaban J connectivity index is 0.000000207. The zero-order valence-corrected chi connectivity index (χ0v) is 49.0. The van der Waals surface area contributed by atoms with Crippen LogP contribution in [0.25, 0.3) is 0 Å². The summed E-state index contributed by atoms with van der Waals surface area (Å²) in [5.41, 5.74) is 5.57. The molecule has 0 bridgehead atoms. The van der Waals surface area contributed by atoms with E-state index in [2.05, 4.69) is 91.2 Å². The van der Waals surface area contributed by atoms with Crippen molar-refractivity contribution in [2.45, 2.75) is 142 Å². The van der Waals surface area contributed by atoms with E-state index in [0.717, 1.165) is 90.9 Å². The van der Waals surface area contributed by atoms with Gasteiger partial charge in [-0.2, -0.15) is 0 Å². The number of piperidine rings is 2. The van der Waals surface area contributed by atoms with Crippen LogP contribution >= 0.6 is 46.4 Å². The number of hydrogen-bond donors (Lipinski definition) is 2. The summed E-state index contributed by atoms with van der Waals surface area (Å²) in [5.74, 6) is 3.57. The third kappa shape index (κ3) is 15.6. The fraction of sp³-hybridized carbons (Fsp3) is 0.526. The van der Waals surface area contributed by atoms with E-state index >= 15 is 0 Å². The molecule has 2 fully saturated rings. The molecule has 72 heavy (non-hydrogen) atoms. The topological polar surface area (TPSA) is 114 Å². The predicted octanol–water partition coefficient (Wildman–Crippen LogP) is 15.5. The molecule has 2 saturated heterocycles. The van der Waals surface area contributed by atoms with Crippen LogP contribution in [-0.2, 0) is 30.8 Å². The second-order valence-electron chi connectivity index (χ2n) is 23.3. The molecule has 4 aromatic carbocycles. The van der Waals surface area contributed by atoms with E-state index in [1.54, 1.807) is 41.3 Å². The minimum absolute atomic E-state index is 0.00852. The van der Waals surface area contributed by atoms with Crippen molar-refractivity contribution in [1.82, 2.24) is 10.2 Å². The van der Waals surface area contributed by atoms with Gasteiger partial charge in [-0.05, 0) is 195 Å². The number of likely N-dealkylation sites (tertiary alicyclic amines) is 1. The molecule has 2 atom stereocenters. The first kappa shape index (κ1) is 57.9. The Kier molecular flexibility index (Phi) is 19.7. The Labute approximate surface area is 451 Å². The van der Waals surface area contributed by atoms with Gasteiger partial charge in [-0.3, -0.25) is 9.59 Å². The molecule has 392 valence electrons. The summed E-state index contributed by atoms with van der Waals surface area (Å²) < 4.78 is 18.3. The number of nitrogens with zero attached hydrogens (tertiary/aromatic N) is 1. The van der Waals surface area contributed by atoms with Crippen LogP contribution in [-0.4, -0.2) is 70.5 Å². The summed E-state index contributed by atoms with van der Waals surface area (Å²) in [7, 11) is -3.84. The van der Waals surface area contributed by atoms with Crippen molar-refractivity contribution < 1.29 is 33.1 Å². The zero-order valence-electron chi connectivity index (χ0n) is 44.0. The van der Waals surface area contributed by atoms with Crippen molar-refractivity contribution in [1.29, 1.82) is 0 Å². The van der Waals surface area contributed by atoms with Gasteiger partial charge < -0.3 is 28.9 Å². The Bertz CT molecular complexity index is 2510. The lowest BCUT2D eigenvalue weighted by molar-refractivity contribution is 0.0765. The van der Waals surface area contributed by atoms with Crippen molar-refractivity contribution in [2.24, 2.45) is 23.7 Å². The number of amides is 1. The van der Waals surface area contributed by atoms with Gasteiger partial charge in [-0.25, -0.2) is 4.79 Å². The molecule has 2 heterocycles. The lowest BCUT2D eigenvalue weighted by Crippen LogP contribution is -2.43. The molecule has 2 aliphatic carbocycles. The first-order valence-corrected chi connectivity index (χ1v) is 32.9. The number of benzene rings is 4. The van der Waals surface area contributed by atoms with E-state index in [0.29, 0.717) is 50.8 Å². The Hall–Kier alpha value is -3.40. The van der Waals surface area contributed by atoms with Gasteiger partial charge in [0.15, 0.2) is 11.6 Å². The average Bonchev–Trinajstić information content (AvgIpc) is 3.77. The normalized spacial score (nSPS) is 18.6. The van der Waals surface area contributed by atoms with Crippen molar-refractivity contribution in [3.05, 3.63) is 126 Å². The number of hydrogen-bond acceptors (Lipinski definition) is 8. The Morgan fingerprint density at radius 2 is 1.03 bits per heavy atom. The summed E-state index contributed by atoms with van der Waals surface area (Å²) in [6, 6.07) is 22.4. The third-order valence-corrected chi connectivity index (χ3v) is 25.3. The SMILES string of the molecule is CC(C)(C)[Si](C)(C)Oc1ccc2c(c1)C(=O)C(CC1CCN(C(=O)OCc3cc(Cl)cc(Cl)c3)CC1)C2.CC(C)(C)[Si](C)(C)Oc1ccc2c(c1)C(=O)C(CC1CCNCC1)C2.OCc1cc(Cl)cc(Cl)c1. The van der Waals surface area contributed by atoms with Crippen LogP contribution in [0, 0.1) is 23.7 Å². The van der Waals surface area contributed by atoms with Crippen LogP contribution in [0.15, 0.2) is 72.8 Å². The molecule has 0 spiro atoms. The molecule has 4 aromatic rings. The lowest BCUT2D eigenvalue weighted by atomic mass is 9.85. The molecular formula is C57H76Cl4N2O7Si2. The second-order valence-corrected chi connectivity index (χ2v) is 34.5. The number of aliphatic hydroxyl groups excluding tert-OH is 1. The van der Waals surface area contributed by atoms with Gasteiger partial charge in [-0.1, -0.05) is 100 Å². The zero-order chi connectivity index (χ0) is 52.8. The Morgan fingerprint density at radius 1 is 0.625 bits per heavy atom. The number of nitrogens with one attached hydrogen (secondary N) is 1. The fourth-order valence-electron chi connectivity index (χ4n) is 9.39. The highest BCUT2D eigenvalue weighted by molar-refractivity contribution is 6.75. The molecule has 1 amide bonds. The van der Waals surface area contributed by atoms with Crippen LogP contribution in [0.3, 0.4) is 0 Å². The molecule has 4 aliphatic rings. The van der Waals surface area contributed by atoms with E-state index in [4.69, 9.17) is 65.1 Å². The van der Waals surface area contributed by atoms with Crippen LogP contribution in [0.5, 0.6) is 11.5 Å². The largest absolute Gasteiger partial charge is 0.543 e. The first-order valence-electron chi connectivity index (χ1n) is 25.6. The number of halogens is 4. The number of fused-ring (bicyclic) bond motifs is 2. The number of carbonyl (C=O) groups is 3. The molecule has 9 nitrogen and oxygen atoms in total. The van der Waals surface area contributed by atoms with E-state index in [9.17, 15) is 14.4 Å². The summed E-state index contributed by atoms with van der Waals surface area (Å²) in [6.45, 7) is 25.9. The monoisotopic (exact) mass is 1100 g/mol. The summed E-state index contributed by atoms with van der Waals surface area (Å²) in [6.07, 6.45) is 7.45. The molecule has 2 aliphatic heterocycles. The van der Waals surface area contributed by atoms with Gasteiger partial charge in [0.1, 0.15) is 18.1 Å². The second kappa shape index (κ2) is 24.5. The molecule has 0 radical (unpaired) electrons. The van der Waals surface area contributed by atoms with Crippen molar-refractivity contribution >= 4 is 80.7 Å². The van der Waals surface area contributed by atoms with Crippen molar-refractivity contribution in [2.75, 3.05) is 26.2 Å². The quantitative estimate of drug-likeness (QED) is 0.143. The molecule has 2 N–H and O–H groups in total. The van der Waals surface area contributed by atoms with Gasteiger partial charge in [0, 0.05) is 56.1 Å². The minimum atomic E-state index is -1.96. The van der Waals surface area contributed by atoms with E-state index in [1.807, 2.05) is 18.2 Å². The van der Waals surface area contributed by atoms with E-state index in [1.165, 1.54) is 18.4 Å². The van der Waals surface area contributed by atoms with Gasteiger partial charge in [0.2, 0.25) is 16.6 Å². The summed E-state index contributed by atoms with van der Waals surface area (Å²) in [5, 5.41) is 14.5. The van der Waals surface area contributed by atoms with Crippen LogP contribution in [0.4, 0.5) is 4.79 Å². The molecule has 8 rings (SSSR count). The smallest absolute Gasteiger partial charge is 0.410 e. The maximum atomic E-state index is 13.3. The fourth-order valence-corrected chi connectivity index (χ4v) is 12.6. The maximum absolute atomic E-state index is 13.3. The molecular weight excluding hydrogens is 1020 g/mol. The minimum Gasteiger partial charge on any atom is -0.543 e. The number of ketones is 2. The van der Waals surface area contributed by atoms with Crippen molar-refractivity contribution in [3.8, 4) is 11.5 Å². The summed E-state index contributed by atoms with van der Waals surface area (Å²) >= 11 is 23.3. The van der Waals surface area contributed by atoms with E-state index in [-0.39, 0.29) is 47.0 Å². The van der Waals surface area contributed by atoms with Gasteiger partial charge in [0.05, 0.1) is 6.61 Å². The highest BCUT2D eigenvalue weighted by atomic mass is 35.5. The maximum Gasteiger partial charge on any atom is 0.410 e. The molecule has 2 unspecified atom stereocenters. The standard InChI is InChI=1S/C29H37Cl2NO4Si.C21H33NO2Si.C7H6Cl2O/c1-29(2,3)37(4,5)36-25-7-6-21-15-22(27(33)26(21)17-25)12-19-8-10-32(11-9-19)28(34)35-18-20-13-23(30)16-24(31)14-20;1-21(2,3)25(4,5)24-18-7-6-16-13-17(20(23)19(16)14-18)12-15-8-10-22-11-9-15;8-6-1-5(4-10)2-7(9)3-6/h6-7,13-14,16-17,19,22H,8-12,15,18H2,1-5H3;6-7,14-15,17,22H,8-13H2,1-5H3;1-3,10H,4H2. The summed E-state index contributed by atoms with van der Waals surface area (Å²) in [4.78, 5) is 40.5. The van der Waals surface area contributed by atoms with Crippen LogP contribution in [0.1, 0.15) is 123 Å².